The molecule has 1 saturated heterocycles. The van der Waals surface area contributed by atoms with Crippen molar-refractivity contribution >= 4 is 17.7 Å². The molecule has 0 radical (unpaired) electrons. The lowest BCUT2D eigenvalue weighted by Gasteiger charge is -2.21. The van der Waals surface area contributed by atoms with Gasteiger partial charge in [0.25, 0.3) is 0 Å². The molecule has 2 aliphatic rings. The Morgan fingerprint density at radius 3 is 3.11 bits per heavy atom. The molecule has 0 bridgehead atoms. The molecule has 0 aromatic carbocycles. The van der Waals surface area contributed by atoms with Gasteiger partial charge in [0, 0.05) is 30.2 Å². The number of rotatable bonds is 2. The van der Waals surface area contributed by atoms with Crippen LogP contribution in [0.25, 0.3) is 0 Å². The van der Waals surface area contributed by atoms with Gasteiger partial charge in [0.05, 0.1) is 19.4 Å². The van der Waals surface area contributed by atoms with Crippen molar-refractivity contribution in [2.24, 2.45) is 0 Å². The number of nitrogens with zero attached hydrogens (tertiary/aromatic N) is 2. The Balaban J connectivity index is 1.99. The highest BCUT2D eigenvalue weighted by Crippen LogP contribution is 2.27. The molecule has 1 fully saturated rings. The predicted molar refractivity (Wildman–Crippen MR) is 69.9 cm³/mol. The van der Waals surface area contributed by atoms with Crippen LogP contribution in [-0.2, 0) is 22.6 Å². The molecular formula is C12H15N3O3S. The van der Waals surface area contributed by atoms with Gasteiger partial charge in [-0.1, -0.05) is 0 Å². The van der Waals surface area contributed by atoms with Gasteiger partial charge >= 0.3 is 5.97 Å². The van der Waals surface area contributed by atoms with Crippen LogP contribution in [0, 0.1) is 0 Å². The second-order valence-electron chi connectivity index (χ2n) is 4.39. The van der Waals surface area contributed by atoms with Crippen LogP contribution in [0.4, 0.5) is 0 Å². The first kappa shape index (κ1) is 12.8. The van der Waals surface area contributed by atoms with Gasteiger partial charge in [-0.25, -0.2) is 14.8 Å². The molecule has 6 nitrogen and oxygen atoms in total. The summed E-state index contributed by atoms with van der Waals surface area (Å²) < 4.78 is 10.5. The molecule has 0 spiro atoms. The molecule has 1 aromatic heterocycles. The third-order valence-electron chi connectivity index (χ3n) is 3.19. The summed E-state index contributed by atoms with van der Waals surface area (Å²) in [7, 11) is 1.37. The second-order valence-corrected chi connectivity index (χ2v) is 5.53. The molecule has 1 N–H and O–H groups in total. The molecule has 0 aliphatic carbocycles. The zero-order valence-electron chi connectivity index (χ0n) is 10.6. The van der Waals surface area contributed by atoms with Crippen molar-refractivity contribution < 1.29 is 14.3 Å². The molecule has 7 heteroatoms. The van der Waals surface area contributed by atoms with Gasteiger partial charge in [-0.3, -0.25) is 0 Å². The fourth-order valence-electron chi connectivity index (χ4n) is 2.23. The van der Waals surface area contributed by atoms with E-state index in [9.17, 15) is 4.79 Å². The number of thioether (sulfide) groups is 1. The molecule has 0 saturated carbocycles. The minimum absolute atomic E-state index is 0.131. The lowest BCUT2D eigenvalue weighted by molar-refractivity contribution is 0.0580. The van der Waals surface area contributed by atoms with Gasteiger partial charge in [-0.2, -0.15) is 11.8 Å². The summed E-state index contributed by atoms with van der Waals surface area (Å²) in [6.07, 6.45) is -0.131. The fourth-order valence-corrected chi connectivity index (χ4v) is 3.07. The van der Waals surface area contributed by atoms with Crippen molar-refractivity contribution in [3.63, 3.8) is 0 Å². The van der Waals surface area contributed by atoms with E-state index in [0.717, 1.165) is 22.8 Å². The Hall–Kier alpha value is -1.18. The molecular weight excluding hydrogens is 266 g/mol. The Morgan fingerprint density at radius 1 is 1.47 bits per heavy atom. The van der Waals surface area contributed by atoms with E-state index in [0.29, 0.717) is 31.2 Å². The Kier molecular flexibility index (Phi) is 3.67. The van der Waals surface area contributed by atoms with E-state index in [1.54, 1.807) is 0 Å². The van der Waals surface area contributed by atoms with E-state index in [4.69, 9.17) is 9.47 Å². The number of esters is 1. The van der Waals surface area contributed by atoms with Gasteiger partial charge in [0.15, 0.2) is 11.5 Å². The number of hydrogen-bond donors (Lipinski definition) is 1. The van der Waals surface area contributed by atoms with Crippen LogP contribution in [0.15, 0.2) is 0 Å². The molecule has 19 heavy (non-hydrogen) atoms. The van der Waals surface area contributed by atoms with Crippen molar-refractivity contribution in [1.82, 2.24) is 15.3 Å². The lowest BCUT2D eigenvalue weighted by Crippen LogP contribution is -2.21. The highest BCUT2D eigenvalue weighted by Gasteiger charge is 2.27. The van der Waals surface area contributed by atoms with Gasteiger partial charge in [-0.05, 0) is 0 Å². The molecule has 102 valence electrons. The van der Waals surface area contributed by atoms with Crippen molar-refractivity contribution in [2.45, 2.75) is 19.2 Å². The summed E-state index contributed by atoms with van der Waals surface area (Å²) in [4.78, 5) is 20.7. The fraction of sp³-hybridized carbons (Fsp3) is 0.583. The van der Waals surface area contributed by atoms with E-state index in [1.165, 1.54) is 7.11 Å². The molecule has 3 rings (SSSR count). The number of fused-ring (bicyclic) bond motifs is 1. The van der Waals surface area contributed by atoms with E-state index >= 15 is 0 Å². The normalized spacial score (nSPS) is 22.1. The zero-order valence-corrected chi connectivity index (χ0v) is 11.5. The monoisotopic (exact) mass is 281 g/mol. The second kappa shape index (κ2) is 5.44. The third-order valence-corrected chi connectivity index (χ3v) is 4.18. The van der Waals surface area contributed by atoms with Crippen LogP contribution in [0.2, 0.25) is 0 Å². The lowest BCUT2D eigenvalue weighted by atomic mass is 10.1. The van der Waals surface area contributed by atoms with Crippen LogP contribution >= 0.6 is 11.8 Å². The summed E-state index contributed by atoms with van der Waals surface area (Å²) in [5.74, 6) is 2.00. The topological polar surface area (TPSA) is 73.3 Å². The van der Waals surface area contributed by atoms with E-state index in [1.807, 2.05) is 11.8 Å². The molecule has 1 atom stereocenters. The van der Waals surface area contributed by atoms with E-state index in [-0.39, 0.29) is 6.10 Å². The van der Waals surface area contributed by atoms with Gasteiger partial charge in [0.1, 0.15) is 6.10 Å². The van der Waals surface area contributed by atoms with Gasteiger partial charge in [-0.15, -0.1) is 0 Å². The first-order valence-corrected chi connectivity index (χ1v) is 7.33. The van der Waals surface area contributed by atoms with Crippen molar-refractivity contribution in [2.75, 3.05) is 25.2 Å². The number of carbonyl (C=O) groups excluding carboxylic acids is 1. The van der Waals surface area contributed by atoms with Gasteiger partial charge < -0.3 is 14.8 Å². The summed E-state index contributed by atoms with van der Waals surface area (Å²) >= 11 is 1.81. The zero-order chi connectivity index (χ0) is 13.2. The summed E-state index contributed by atoms with van der Waals surface area (Å²) in [6.45, 7) is 1.97. The minimum Gasteiger partial charge on any atom is -0.464 e. The average molecular weight is 281 g/mol. The minimum atomic E-state index is -0.410. The summed E-state index contributed by atoms with van der Waals surface area (Å²) in [5, 5.41) is 3.18. The number of nitrogens with one attached hydrogen (secondary N) is 1. The van der Waals surface area contributed by atoms with Crippen LogP contribution in [0.3, 0.4) is 0 Å². The van der Waals surface area contributed by atoms with Gasteiger partial charge in [0.2, 0.25) is 0 Å². The number of aromatic nitrogens is 2. The Bertz CT molecular complexity index is 503. The first-order valence-electron chi connectivity index (χ1n) is 6.17. The maximum atomic E-state index is 11.8. The molecule has 3 heterocycles. The maximum absolute atomic E-state index is 11.8. The van der Waals surface area contributed by atoms with Crippen molar-refractivity contribution in [1.29, 1.82) is 0 Å². The largest absolute Gasteiger partial charge is 0.464 e. The predicted octanol–water partition coefficient (Wildman–Crippen LogP) is 0.671. The number of methoxy groups -OCH3 is 1. The van der Waals surface area contributed by atoms with Crippen LogP contribution in [0.1, 0.15) is 33.7 Å². The number of hydrogen-bond acceptors (Lipinski definition) is 7. The van der Waals surface area contributed by atoms with Crippen molar-refractivity contribution in [3.05, 3.63) is 22.8 Å². The van der Waals surface area contributed by atoms with E-state index < -0.39 is 5.97 Å². The molecule has 2 aliphatic heterocycles. The summed E-state index contributed by atoms with van der Waals surface area (Å²) in [5.41, 5.74) is 2.09. The molecule has 1 aromatic rings. The summed E-state index contributed by atoms with van der Waals surface area (Å²) in [6, 6.07) is 0. The smallest absolute Gasteiger partial charge is 0.357 e. The molecule has 1 unspecified atom stereocenters. The number of ether oxygens (including phenoxy) is 2. The maximum Gasteiger partial charge on any atom is 0.357 e. The van der Waals surface area contributed by atoms with Crippen LogP contribution in [0.5, 0.6) is 0 Å². The third kappa shape index (κ3) is 2.45. The Morgan fingerprint density at radius 2 is 2.37 bits per heavy atom. The van der Waals surface area contributed by atoms with Crippen LogP contribution < -0.4 is 5.32 Å². The standard InChI is InChI=1S/C12H15N3O3S/c1-17-12(16)10-7-4-13-5-8(7)14-11(15-10)9-6-19-3-2-18-9/h9,13H,2-6H2,1H3. The average Bonchev–Trinajstić information content (AvgIpc) is 2.94. The highest BCUT2D eigenvalue weighted by atomic mass is 32.2. The Labute approximate surface area is 115 Å². The first-order chi connectivity index (χ1) is 9.29. The van der Waals surface area contributed by atoms with Crippen molar-refractivity contribution in [3.8, 4) is 0 Å². The highest BCUT2D eigenvalue weighted by molar-refractivity contribution is 7.99. The quantitative estimate of drug-likeness (QED) is 0.799. The van der Waals surface area contributed by atoms with Crippen LogP contribution in [-0.4, -0.2) is 41.2 Å². The SMILES string of the molecule is COC(=O)c1nc(C2CSCCO2)nc2c1CNC2. The molecule has 0 amide bonds. The van der Waals surface area contributed by atoms with E-state index in [2.05, 4.69) is 15.3 Å². The number of carbonyl (C=O) groups is 1.